The molecule has 6 nitrogen and oxygen atoms in total. The number of hydrogen-bond acceptors (Lipinski definition) is 4. The van der Waals surface area contributed by atoms with Crippen LogP contribution in [0.15, 0.2) is 63.9 Å². The molecule has 1 amide bonds. The maximum absolute atomic E-state index is 13.4. The number of halogens is 1. The number of aryl methyl sites for hydroxylation is 1. The molecule has 0 aliphatic carbocycles. The third-order valence-corrected chi connectivity index (χ3v) is 5.73. The molecule has 0 spiro atoms. The Kier molecular flexibility index (Phi) is 8.22. The Labute approximate surface area is 196 Å². The summed E-state index contributed by atoms with van der Waals surface area (Å²) in [4.78, 5) is 26.6. The highest BCUT2D eigenvalue weighted by Gasteiger charge is 2.24. The summed E-state index contributed by atoms with van der Waals surface area (Å²) in [7, 11) is 1.62. The number of benzene rings is 2. The number of ether oxygens (including phenoxy) is 1. The first kappa shape index (κ1) is 23.7. The first-order chi connectivity index (χ1) is 15.4. The van der Waals surface area contributed by atoms with Crippen LogP contribution in [0.1, 0.15) is 49.0 Å². The van der Waals surface area contributed by atoms with E-state index in [1.54, 1.807) is 13.2 Å². The van der Waals surface area contributed by atoms with Gasteiger partial charge in [0.25, 0.3) is 5.56 Å². The number of nitrogens with one attached hydrogen (secondary N) is 1. The van der Waals surface area contributed by atoms with E-state index in [0.717, 1.165) is 28.6 Å². The Morgan fingerprint density at radius 2 is 1.94 bits per heavy atom. The van der Waals surface area contributed by atoms with Gasteiger partial charge in [-0.1, -0.05) is 47.8 Å². The predicted octanol–water partition coefficient (Wildman–Crippen LogP) is 5.28. The van der Waals surface area contributed by atoms with E-state index in [0.29, 0.717) is 29.8 Å². The zero-order valence-electron chi connectivity index (χ0n) is 18.6. The lowest BCUT2D eigenvalue weighted by Crippen LogP contribution is -2.37. The first-order valence-corrected chi connectivity index (χ1v) is 11.5. The largest absolute Gasteiger partial charge is 0.497 e. The van der Waals surface area contributed by atoms with Gasteiger partial charge in [0.2, 0.25) is 5.91 Å². The van der Waals surface area contributed by atoms with Gasteiger partial charge in [-0.3, -0.25) is 9.59 Å². The summed E-state index contributed by atoms with van der Waals surface area (Å²) in [6, 6.07) is 16.1. The number of unbranched alkanes of at least 4 members (excludes halogenated alkanes) is 1. The van der Waals surface area contributed by atoms with Crippen LogP contribution in [-0.4, -0.2) is 22.8 Å². The topological polar surface area (TPSA) is 73.2 Å². The van der Waals surface area contributed by atoms with Gasteiger partial charge in [-0.05, 0) is 61.4 Å². The van der Waals surface area contributed by atoms with Crippen LogP contribution in [0.4, 0.5) is 5.69 Å². The number of carbonyl (C=O) groups excluding carboxylic acids is 1. The van der Waals surface area contributed by atoms with Crippen LogP contribution in [0.5, 0.6) is 5.75 Å². The molecule has 1 unspecified atom stereocenters. The Balaban J connectivity index is 1.94. The van der Waals surface area contributed by atoms with Crippen LogP contribution in [0.25, 0.3) is 0 Å². The Morgan fingerprint density at radius 3 is 2.62 bits per heavy atom. The third kappa shape index (κ3) is 6.07. The molecule has 168 valence electrons. The van der Waals surface area contributed by atoms with Gasteiger partial charge in [0.1, 0.15) is 11.8 Å². The minimum atomic E-state index is -0.685. The molecule has 0 saturated carbocycles. The average Bonchev–Trinajstić information content (AvgIpc) is 2.78. The second-order valence-electron chi connectivity index (χ2n) is 7.74. The summed E-state index contributed by atoms with van der Waals surface area (Å²) in [5.74, 6) is 0.497. The van der Waals surface area contributed by atoms with Gasteiger partial charge >= 0.3 is 0 Å². The van der Waals surface area contributed by atoms with E-state index in [4.69, 9.17) is 4.74 Å². The lowest BCUT2D eigenvalue weighted by Gasteiger charge is -2.20. The molecule has 1 atom stereocenters. The van der Waals surface area contributed by atoms with Crippen LogP contribution in [-0.2, 0) is 11.2 Å². The van der Waals surface area contributed by atoms with Gasteiger partial charge in [0.15, 0.2) is 0 Å². The fourth-order valence-electron chi connectivity index (χ4n) is 3.57. The molecular weight excluding hydrogens is 470 g/mol. The molecule has 0 bridgehead atoms. The quantitative estimate of drug-likeness (QED) is 0.436. The van der Waals surface area contributed by atoms with E-state index in [1.165, 1.54) is 4.68 Å². The van der Waals surface area contributed by atoms with E-state index in [1.807, 2.05) is 55.5 Å². The van der Waals surface area contributed by atoms with E-state index in [2.05, 4.69) is 33.3 Å². The summed E-state index contributed by atoms with van der Waals surface area (Å²) in [6.45, 7) is 3.90. The smallest absolute Gasteiger partial charge is 0.271 e. The Bertz CT molecular complexity index is 1130. The summed E-state index contributed by atoms with van der Waals surface area (Å²) in [6.07, 6.45) is 2.70. The van der Waals surface area contributed by atoms with E-state index >= 15 is 0 Å². The highest BCUT2D eigenvalue weighted by atomic mass is 79.9. The number of hydrogen-bond donors (Lipinski definition) is 1. The molecule has 32 heavy (non-hydrogen) atoms. The molecule has 1 heterocycles. The van der Waals surface area contributed by atoms with Gasteiger partial charge in [0, 0.05) is 22.1 Å². The molecule has 0 aliphatic rings. The fraction of sp³-hybridized carbons (Fsp3) is 0.320. The van der Waals surface area contributed by atoms with Gasteiger partial charge in [-0.25, -0.2) is 4.68 Å². The van der Waals surface area contributed by atoms with E-state index < -0.39 is 6.04 Å². The van der Waals surface area contributed by atoms with Crippen molar-refractivity contribution in [3.05, 3.63) is 86.2 Å². The molecule has 3 aromatic rings. The zero-order valence-corrected chi connectivity index (χ0v) is 20.2. The van der Waals surface area contributed by atoms with Crippen LogP contribution in [0.3, 0.4) is 0 Å². The first-order valence-electron chi connectivity index (χ1n) is 10.7. The van der Waals surface area contributed by atoms with Crippen molar-refractivity contribution in [2.24, 2.45) is 0 Å². The fourth-order valence-corrected chi connectivity index (χ4v) is 3.83. The number of anilines is 1. The molecule has 0 aliphatic heterocycles. The molecule has 2 aromatic carbocycles. The minimum Gasteiger partial charge on any atom is -0.497 e. The lowest BCUT2D eigenvalue weighted by molar-refractivity contribution is -0.119. The van der Waals surface area contributed by atoms with Gasteiger partial charge < -0.3 is 10.1 Å². The zero-order chi connectivity index (χ0) is 23.1. The van der Waals surface area contributed by atoms with Crippen LogP contribution < -0.4 is 15.6 Å². The minimum absolute atomic E-state index is 0.242. The predicted molar refractivity (Wildman–Crippen MR) is 130 cm³/mol. The van der Waals surface area contributed by atoms with Crippen molar-refractivity contribution in [3.63, 3.8) is 0 Å². The van der Waals surface area contributed by atoms with Crippen LogP contribution in [0, 0.1) is 6.92 Å². The van der Waals surface area contributed by atoms with E-state index in [9.17, 15) is 9.59 Å². The second kappa shape index (κ2) is 11.1. The van der Waals surface area contributed by atoms with Crippen molar-refractivity contribution < 1.29 is 9.53 Å². The molecule has 1 aromatic heterocycles. The monoisotopic (exact) mass is 497 g/mol. The summed E-state index contributed by atoms with van der Waals surface area (Å²) >= 11 is 3.40. The van der Waals surface area contributed by atoms with Crippen molar-refractivity contribution in [1.82, 2.24) is 9.78 Å². The van der Waals surface area contributed by atoms with E-state index in [-0.39, 0.29) is 11.5 Å². The number of carbonyl (C=O) groups is 1. The van der Waals surface area contributed by atoms with Crippen molar-refractivity contribution in [1.29, 1.82) is 0 Å². The Hall–Kier alpha value is -2.93. The number of nitrogens with zero attached hydrogens (tertiary/aromatic N) is 2. The highest BCUT2D eigenvalue weighted by molar-refractivity contribution is 9.10. The SMILES string of the molecule is CCCCC(C(=O)Nc1ccc(Br)cc1)n1nc(C)cc(Cc2cccc(OC)c2)c1=O. The van der Waals surface area contributed by atoms with Gasteiger partial charge in [-0.15, -0.1) is 0 Å². The summed E-state index contributed by atoms with van der Waals surface area (Å²) in [5.41, 5.74) is 2.69. The average molecular weight is 498 g/mol. The lowest BCUT2D eigenvalue weighted by atomic mass is 10.0. The molecule has 0 fully saturated rings. The van der Waals surface area contributed by atoms with Crippen LogP contribution in [0.2, 0.25) is 0 Å². The molecule has 1 N–H and O–H groups in total. The number of amides is 1. The summed E-state index contributed by atoms with van der Waals surface area (Å²) in [5, 5.41) is 7.38. The standard InChI is InChI=1S/C25H28BrN3O3/c1-4-5-9-23(24(30)27-21-12-10-20(26)11-13-21)29-25(31)19(14-17(2)28-29)15-18-7-6-8-22(16-18)32-3/h6-8,10-14,16,23H,4-5,9,15H2,1-3H3,(H,27,30). The molecular formula is C25H28BrN3O3. The van der Waals surface area contributed by atoms with Crippen molar-refractivity contribution in [2.45, 2.75) is 45.6 Å². The molecule has 3 rings (SSSR count). The van der Waals surface area contributed by atoms with Crippen molar-refractivity contribution in [2.75, 3.05) is 12.4 Å². The third-order valence-electron chi connectivity index (χ3n) is 5.20. The summed E-state index contributed by atoms with van der Waals surface area (Å²) < 4.78 is 7.58. The second-order valence-corrected chi connectivity index (χ2v) is 8.66. The Morgan fingerprint density at radius 1 is 1.19 bits per heavy atom. The van der Waals surface area contributed by atoms with Crippen LogP contribution >= 0.6 is 15.9 Å². The number of methoxy groups -OCH3 is 1. The number of aromatic nitrogens is 2. The van der Waals surface area contributed by atoms with Gasteiger partial charge in [-0.2, -0.15) is 5.10 Å². The van der Waals surface area contributed by atoms with Crippen molar-refractivity contribution in [3.8, 4) is 5.75 Å². The van der Waals surface area contributed by atoms with Gasteiger partial charge in [0.05, 0.1) is 12.8 Å². The number of rotatable bonds is 9. The molecule has 0 saturated heterocycles. The maximum Gasteiger partial charge on any atom is 0.271 e. The van der Waals surface area contributed by atoms with Crippen molar-refractivity contribution >= 4 is 27.5 Å². The molecule has 7 heteroatoms. The maximum atomic E-state index is 13.4. The highest BCUT2D eigenvalue weighted by Crippen LogP contribution is 2.20. The molecule has 0 radical (unpaired) electrons. The normalized spacial score (nSPS) is 11.8.